The summed E-state index contributed by atoms with van der Waals surface area (Å²) in [5.41, 5.74) is 5.63. The molecule has 0 aliphatic carbocycles. The van der Waals surface area contributed by atoms with Gasteiger partial charge in [0.25, 0.3) is 0 Å². The van der Waals surface area contributed by atoms with Crippen molar-refractivity contribution in [3.63, 3.8) is 0 Å². The SMILES string of the molecule is Nc1nc2[nH]c(=O)ncc2cc1I. The van der Waals surface area contributed by atoms with E-state index in [-0.39, 0.29) is 0 Å². The third-order valence-corrected chi connectivity index (χ3v) is 2.44. The minimum atomic E-state index is -0.416. The highest BCUT2D eigenvalue weighted by atomic mass is 127. The van der Waals surface area contributed by atoms with E-state index in [2.05, 4.69) is 37.5 Å². The van der Waals surface area contributed by atoms with Crippen LogP contribution >= 0.6 is 22.6 Å². The fourth-order valence-corrected chi connectivity index (χ4v) is 1.43. The van der Waals surface area contributed by atoms with Crippen molar-refractivity contribution in [2.24, 2.45) is 0 Å². The first-order chi connectivity index (χ1) is 6.16. The molecular formula is C7H5IN4O. The van der Waals surface area contributed by atoms with Crippen LogP contribution in [0.4, 0.5) is 5.82 Å². The number of halogens is 1. The van der Waals surface area contributed by atoms with Crippen LogP contribution in [0.5, 0.6) is 0 Å². The molecule has 5 nitrogen and oxygen atoms in total. The predicted molar refractivity (Wildman–Crippen MR) is 57.3 cm³/mol. The van der Waals surface area contributed by atoms with Crippen molar-refractivity contribution in [2.45, 2.75) is 0 Å². The van der Waals surface area contributed by atoms with E-state index in [9.17, 15) is 4.79 Å². The minimum absolute atomic E-state index is 0.412. The Morgan fingerprint density at radius 2 is 2.31 bits per heavy atom. The van der Waals surface area contributed by atoms with Gasteiger partial charge in [-0.05, 0) is 28.7 Å². The predicted octanol–water partition coefficient (Wildman–Crippen LogP) is 0.505. The molecule has 2 aromatic heterocycles. The molecule has 0 unspecified atom stereocenters. The van der Waals surface area contributed by atoms with Gasteiger partial charge in [-0.25, -0.2) is 14.8 Å². The Bertz CT molecular complexity index is 521. The van der Waals surface area contributed by atoms with Crippen molar-refractivity contribution >= 4 is 39.4 Å². The number of hydrogen-bond donors (Lipinski definition) is 2. The van der Waals surface area contributed by atoms with Crippen LogP contribution in [-0.4, -0.2) is 15.0 Å². The second-order valence-corrected chi connectivity index (χ2v) is 3.64. The van der Waals surface area contributed by atoms with Crippen LogP contribution in [0, 0.1) is 3.57 Å². The van der Waals surface area contributed by atoms with Gasteiger partial charge in [0.2, 0.25) is 0 Å². The lowest BCUT2D eigenvalue weighted by Crippen LogP contribution is -2.10. The number of aromatic nitrogens is 3. The first-order valence-corrected chi connectivity index (χ1v) is 4.56. The average Bonchev–Trinajstić information content (AvgIpc) is 2.08. The van der Waals surface area contributed by atoms with Gasteiger partial charge in [-0.15, -0.1) is 0 Å². The molecule has 66 valence electrons. The number of anilines is 1. The highest BCUT2D eigenvalue weighted by molar-refractivity contribution is 14.1. The molecule has 0 radical (unpaired) electrons. The summed E-state index contributed by atoms with van der Waals surface area (Å²) in [6.07, 6.45) is 1.47. The van der Waals surface area contributed by atoms with E-state index >= 15 is 0 Å². The summed E-state index contributed by atoms with van der Waals surface area (Å²) in [5, 5.41) is 0.776. The molecule has 0 saturated heterocycles. The molecule has 0 saturated carbocycles. The van der Waals surface area contributed by atoms with Crippen LogP contribution < -0.4 is 11.4 Å². The molecule has 0 spiro atoms. The maximum Gasteiger partial charge on any atom is 0.346 e. The number of rotatable bonds is 0. The Labute approximate surface area is 86.5 Å². The highest BCUT2D eigenvalue weighted by Gasteiger charge is 2.01. The van der Waals surface area contributed by atoms with Crippen LogP contribution in [-0.2, 0) is 0 Å². The summed E-state index contributed by atoms with van der Waals surface area (Å²) in [5.74, 6) is 0.412. The summed E-state index contributed by atoms with van der Waals surface area (Å²) in [4.78, 5) is 20.9. The van der Waals surface area contributed by atoms with E-state index in [0.717, 1.165) is 8.96 Å². The molecule has 0 bridgehead atoms. The van der Waals surface area contributed by atoms with E-state index < -0.39 is 5.69 Å². The molecule has 6 heteroatoms. The zero-order valence-electron chi connectivity index (χ0n) is 6.41. The molecule has 0 aliphatic heterocycles. The van der Waals surface area contributed by atoms with Crippen LogP contribution in [0.3, 0.4) is 0 Å². The topological polar surface area (TPSA) is 84.7 Å². The van der Waals surface area contributed by atoms with Gasteiger partial charge in [-0.3, -0.25) is 4.98 Å². The van der Waals surface area contributed by atoms with Gasteiger partial charge in [-0.2, -0.15) is 0 Å². The highest BCUT2D eigenvalue weighted by Crippen LogP contribution is 2.16. The van der Waals surface area contributed by atoms with Crippen molar-refractivity contribution in [1.82, 2.24) is 15.0 Å². The van der Waals surface area contributed by atoms with E-state index in [4.69, 9.17) is 5.73 Å². The average molecular weight is 288 g/mol. The van der Waals surface area contributed by atoms with Crippen molar-refractivity contribution in [3.8, 4) is 0 Å². The van der Waals surface area contributed by atoms with Crippen LogP contribution in [0.1, 0.15) is 0 Å². The lowest BCUT2D eigenvalue weighted by Gasteiger charge is -1.99. The summed E-state index contributed by atoms with van der Waals surface area (Å²) in [6.45, 7) is 0. The van der Waals surface area contributed by atoms with Gasteiger partial charge in [0.05, 0.1) is 3.57 Å². The van der Waals surface area contributed by atoms with Crippen molar-refractivity contribution in [3.05, 3.63) is 26.3 Å². The third-order valence-electron chi connectivity index (χ3n) is 1.58. The summed E-state index contributed by atoms with van der Waals surface area (Å²) in [6, 6.07) is 1.82. The van der Waals surface area contributed by atoms with E-state index in [1.807, 2.05) is 6.07 Å². The number of hydrogen-bond acceptors (Lipinski definition) is 4. The number of nitrogens with one attached hydrogen (secondary N) is 1. The second kappa shape index (κ2) is 2.95. The Morgan fingerprint density at radius 3 is 3.08 bits per heavy atom. The van der Waals surface area contributed by atoms with Gasteiger partial charge in [0.1, 0.15) is 11.5 Å². The van der Waals surface area contributed by atoms with E-state index in [1.165, 1.54) is 6.20 Å². The quantitative estimate of drug-likeness (QED) is 0.691. The van der Waals surface area contributed by atoms with Gasteiger partial charge in [0.15, 0.2) is 0 Å². The van der Waals surface area contributed by atoms with Gasteiger partial charge in [0, 0.05) is 11.6 Å². The Kier molecular flexibility index (Phi) is 1.91. The first-order valence-electron chi connectivity index (χ1n) is 3.48. The first kappa shape index (κ1) is 8.42. The minimum Gasteiger partial charge on any atom is -0.383 e. The van der Waals surface area contributed by atoms with Crippen molar-refractivity contribution in [2.75, 3.05) is 5.73 Å². The molecule has 0 aliphatic rings. The summed E-state index contributed by atoms with van der Waals surface area (Å²) >= 11 is 2.07. The normalized spacial score (nSPS) is 10.5. The smallest absolute Gasteiger partial charge is 0.346 e. The molecule has 13 heavy (non-hydrogen) atoms. The lowest BCUT2D eigenvalue weighted by molar-refractivity contribution is 1.10. The maximum absolute atomic E-state index is 10.8. The Hall–Kier alpha value is -1.18. The Balaban J connectivity index is 2.89. The zero-order chi connectivity index (χ0) is 9.42. The number of aromatic amines is 1. The van der Waals surface area contributed by atoms with Crippen molar-refractivity contribution < 1.29 is 0 Å². The molecule has 2 aromatic rings. The molecule has 0 amide bonds. The fourth-order valence-electron chi connectivity index (χ4n) is 0.977. The maximum atomic E-state index is 10.8. The number of nitrogen functional groups attached to an aromatic ring is 1. The van der Waals surface area contributed by atoms with Gasteiger partial charge >= 0.3 is 5.69 Å². The largest absolute Gasteiger partial charge is 0.383 e. The molecule has 2 rings (SSSR count). The number of nitrogens with zero attached hydrogens (tertiary/aromatic N) is 2. The zero-order valence-corrected chi connectivity index (χ0v) is 8.57. The number of fused-ring (bicyclic) bond motifs is 1. The summed E-state index contributed by atoms with van der Waals surface area (Å²) < 4.78 is 0.846. The molecule has 0 aromatic carbocycles. The standard InChI is InChI=1S/C7H5IN4O/c8-4-1-3-2-10-7(13)12-6(3)11-5(4)9/h1-2H,(H3,9,10,11,12,13). The molecular weight excluding hydrogens is 283 g/mol. The monoisotopic (exact) mass is 288 g/mol. The molecule has 0 atom stereocenters. The Morgan fingerprint density at radius 1 is 1.54 bits per heavy atom. The van der Waals surface area contributed by atoms with Crippen LogP contribution in [0.2, 0.25) is 0 Å². The third kappa shape index (κ3) is 1.48. The van der Waals surface area contributed by atoms with Crippen molar-refractivity contribution in [1.29, 1.82) is 0 Å². The second-order valence-electron chi connectivity index (χ2n) is 2.48. The molecule has 3 N–H and O–H groups in total. The number of nitrogens with two attached hydrogens (primary N) is 1. The van der Waals surface area contributed by atoms with Crippen LogP contribution in [0.15, 0.2) is 17.1 Å². The molecule has 0 fully saturated rings. The van der Waals surface area contributed by atoms with E-state index in [0.29, 0.717) is 11.5 Å². The van der Waals surface area contributed by atoms with Gasteiger partial charge in [-0.1, -0.05) is 0 Å². The summed E-state index contributed by atoms with van der Waals surface area (Å²) in [7, 11) is 0. The fraction of sp³-hybridized carbons (Fsp3) is 0. The van der Waals surface area contributed by atoms with Crippen LogP contribution in [0.25, 0.3) is 11.0 Å². The van der Waals surface area contributed by atoms with E-state index in [1.54, 1.807) is 0 Å². The lowest BCUT2D eigenvalue weighted by atomic mass is 10.3. The number of pyridine rings is 1. The molecule has 2 heterocycles. The number of H-pyrrole nitrogens is 1. The van der Waals surface area contributed by atoms with Gasteiger partial charge < -0.3 is 5.73 Å².